The molecule has 0 saturated heterocycles. The fourth-order valence-corrected chi connectivity index (χ4v) is 2.17. The van der Waals surface area contributed by atoms with E-state index in [4.69, 9.17) is 15.2 Å². The Bertz CT molecular complexity index is 623. The summed E-state index contributed by atoms with van der Waals surface area (Å²) in [6, 6.07) is 17.5. The minimum absolute atomic E-state index is 0.458. The van der Waals surface area contributed by atoms with Crippen LogP contribution in [0.25, 0.3) is 0 Å². The van der Waals surface area contributed by atoms with Crippen molar-refractivity contribution < 1.29 is 14.3 Å². The molecule has 4 heteroatoms. The highest BCUT2D eigenvalue weighted by Gasteiger charge is 2.31. The summed E-state index contributed by atoms with van der Waals surface area (Å²) < 4.78 is 10.5. The van der Waals surface area contributed by atoms with E-state index in [2.05, 4.69) is 0 Å². The second-order valence-corrected chi connectivity index (χ2v) is 5.37. The first-order valence-corrected chi connectivity index (χ1v) is 7.12. The highest BCUT2D eigenvalue weighted by Crippen LogP contribution is 2.21. The molecule has 4 nitrogen and oxygen atoms in total. The first kappa shape index (κ1) is 16.2. The zero-order chi connectivity index (χ0) is 16.0. The summed E-state index contributed by atoms with van der Waals surface area (Å²) in [6.45, 7) is 2.64. The molecule has 0 aliphatic carbocycles. The third kappa shape index (κ3) is 3.93. The lowest BCUT2D eigenvalue weighted by atomic mass is 9.92. The van der Waals surface area contributed by atoms with E-state index in [0.717, 1.165) is 11.1 Å². The quantitative estimate of drug-likeness (QED) is 0.833. The molecule has 0 unspecified atom stereocenters. The molecule has 2 aromatic rings. The van der Waals surface area contributed by atoms with Crippen LogP contribution in [0.3, 0.4) is 0 Å². The summed E-state index contributed by atoms with van der Waals surface area (Å²) in [5.41, 5.74) is 7.70. The number of methoxy groups -OCH3 is 1. The summed E-state index contributed by atoms with van der Waals surface area (Å²) in [7, 11) is 1.33. The molecule has 0 heterocycles. The summed E-state index contributed by atoms with van der Waals surface area (Å²) >= 11 is 0. The number of rotatable bonds is 6. The first-order valence-electron chi connectivity index (χ1n) is 7.12. The molecule has 22 heavy (non-hydrogen) atoms. The van der Waals surface area contributed by atoms with Crippen LogP contribution in [0.2, 0.25) is 0 Å². The average Bonchev–Trinajstić information content (AvgIpc) is 2.55. The Morgan fingerprint density at radius 3 is 2.36 bits per heavy atom. The van der Waals surface area contributed by atoms with E-state index in [1.807, 2.05) is 54.6 Å². The zero-order valence-corrected chi connectivity index (χ0v) is 12.9. The van der Waals surface area contributed by atoms with Crippen molar-refractivity contribution in [3.63, 3.8) is 0 Å². The Morgan fingerprint density at radius 2 is 1.68 bits per heavy atom. The summed E-state index contributed by atoms with van der Waals surface area (Å²) in [5.74, 6) is -0.463. The van der Waals surface area contributed by atoms with Crippen molar-refractivity contribution in [2.24, 2.45) is 5.73 Å². The van der Waals surface area contributed by atoms with Gasteiger partial charge in [0.25, 0.3) is 0 Å². The van der Waals surface area contributed by atoms with Gasteiger partial charge in [-0.15, -0.1) is 0 Å². The van der Waals surface area contributed by atoms with E-state index in [0.29, 0.717) is 18.8 Å². The fraction of sp³-hybridized carbons (Fsp3) is 0.278. The van der Waals surface area contributed by atoms with Crippen LogP contribution in [0, 0.1) is 0 Å². The third-order valence-electron chi connectivity index (χ3n) is 3.52. The maximum Gasteiger partial charge on any atom is 0.330 e. The maximum absolute atomic E-state index is 11.8. The molecule has 116 valence electrons. The zero-order valence-electron chi connectivity index (χ0n) is 12.9. The topological polar surface area (TPSA) is 61.5 Å². The summed E-state index contributed by atoms with van der Waals surface area (Å²) in [4.78, 5) is 11.8. The first-order chi connectivity index (χ1) is 10.5. The molecule has 0 amide bonds. The molecule has 0 fully saturated rings. The minimum Gasteiger partial charge on any atom is -0.467 e. The number of hydrogen-bond donors (Lipinski definition) is 1. The lowest BCUT2D eigenvalue weighted by molar-refractivity contribution is -0.146. The molecular formula is C18H21NO3. The smallest absolute Gasteiger partial charge is 0.330 e. The molecule has 0 aromatic heterocycles. The molecule has 0 bridgehead atoms. The molecule has 0 radical (unpaired) electrons. The molecule has 2 N–H and O–H groups in total. The van der Waals surface area contributed by atoms with E-state index >= 15 is 0 Å². The largest absolute Gasteiger partial charge is 0.467 e. The number of esters is 1. The number of carbonyl (C=O) groups is 1. The van der Waals surface area contributed by atoms with Gasteiger partial charge < -0.3 is 15.2 Å². The Morgan fingerprint density at radius 1 is 1.05 bits per heavy atom. The summed E-state index contributed by atoms with van der Waals surface area (Å²) in [5, 5.41) is 0. The molecule has 1 atom stereocenters. The molecule has 0 aliphatic heterocycles. The van der Waals surface area contributed by atoms with Gasteiger partial charge in [-0.25, -0.2) is 4.79 Å². The van der Waals surface area contributed by atoms with Gasteiger partial charge in [0.15, 0.2) is 0 Å². The van der Waals surface area contributed by atoms with Gasteiger partial charge in [-0.2, -0.15) is 0 Å². The van der Waals surface area contributed by atoms with Crippen molar-refractivity contribution in [3.05, 3.63) is 71.3 Å². The lowest BCUT2D eigenvalue weighted by Crippen LogP contribution is -2.42. The van der Waals surface area contributed by atoms with Gasteiger partial charge in [-0.3, -0.25) is 0 Å². The van der Waals surface area contributed by atoms with E-state index in [9.17, 15) is 4.79 Å². The van der Waals surface area contributed by atoms with Crippen LogP contribution in [-0.4, -0.2) is 13.1 Å². The highest BCUT2D eigenvalue weighted by atomic mass is 16.5. The van der Waals surface area contributed by atoms with Crippen LogP contribution in [0.15, 0.2) is 54.6 Å². The Balaban J connectivity index is 2.01. The number of hydrogen-bond acceptors (Lipinski definition) is 4. The van der Waals surface area contributed by atoms with Crippen molar-refractivity contribution in [2.45, 2.75) is 25.7 Å². The van der Waals surface area contributed by atoms with E-state index in [1.54, 1.807) is 6.92 Å². The molecule has 2 aromatic carbocycles. The summed E-state index contributed by atoms with van der Waals surface area (Å²) in [6.07, 6.45) is 0. The molecule has 0 saturated carbocycles. The second kappa shape index (κ2) is 7.20. The van der Waals surface area contributed by atoms with Crippen molar-refractivity contribution in [1.82, 2.24) is 0 Å². The number of ether oxygens (including phenoxy) is 2. The van der Waals surface area contributed by atoms with Crippen molar-refractivity contribution in [2.75, 3.05) is 7.11 Å². The average molecular weight is 299 g/mol. The van der Waals surface area contributed by atoms with Gasteiger partial charge in [0.2, 0.25) is 0 Å². The van der Waals surface area contributed by atoms with Gasteiger partial charge in [0, 0.05) is 0 Å². The minimum atomic E-state index is -1.16. The Kier molecular flexibility index (Phi) is 5.31. The van der Waals surface area contributed by atoms with E-state index in [1.165, 1.54) is 7.11 Å². The second-order valence-electron chi connectivity index (χ2n) is 5.37. The van der Waals surface area contributed by atoms with Crippen molar-refractivity contribution in [1.29, 1.82) is 0 Å². The van der Waals surface area contributed by atoms with Crippen LogP contribution < -0.4 is 5.73 Å². The number of benzene rings is 2. The van der Waals surface area contributed by atoms with Gasteiger partial charge in [-0.05, 0) is 23.6 Å². The van der Waals surface area contributed by atoms with E-state index < -0.39 is 11.5 Å². The van der Waals surface area contributed by atoms with E-state index in [-0.39, 0.29) is 0 Å². The van der Waals surface area contributed by atoms with Crippen molar-refractivity contribution in [3.8, 4) is 0 Å². The van der Waals surface area contributed by atoms with Gasteiger partial charge in [0.1, 0.15) is 5.54 Å². The highest BCUT2D eigenvalue weighted by molar-refractivity contribution is 5.81. The monoisotopic (exact) mass is 299 g/mol. The predicted octanol–water partition coefficient (Wildman–Crippen LogP) is 2.75. The van der Waals surface area contributed by atoms with Gasteiger partial charge >= 0.3 is 5.97 Å². The maximum atomic E-state index is 11.8. The third-order valence-corrected chi connectivity index (χ3v) is 3.52. The Labute approximate surface area is 130 Å². The number of carbonyl (C=O) groups excluding carboxylic acids is 1. The SMILES string of the molecule is COC(=O)[C@@](C)(N)c1cccc(COCc2ccccc2)c1. The Hall–Kier alpha value is -2.17. The van der Waals surface area contributed by atoms with Crippen LogP contribution in [0.5, 0.6) is 0 Å². The molecule has 0 aliphatic rings. The molecule has 2 rings (SSSR count). The van der Waals surface area contributed by atoms with Crippen LogP contribution >= 0.6 is 0 Å². The van der Waals surface area contributed by atoms with Crippen LogP contribution in [0.1, 0.15) is 23.6 Å². The number of nitrogens with two attached hydrogens (primary N) is 1. The van der Waals surface area contributed by atoms with Crippen LogP contribution in [-0.2, 0) is 33.0 Å². The van der Waals surface area contributed by atoms with Crippen LogP contribution in [0.4, 0.5) is 0 Å². The standard InChI is InChI=1S/C18H21NO3/c1-18(19,17(20)21-2)16-10-6-9-15(11-16)13-22-12-14-7-4-3-5-8-14/h3-11H,12-13,19H2,1-2H3/t18-/m0/s1. The van der Waals surface area contributed by atoms with Gasteiger partial charge in [0.05, 0.1) is 20.3 Å². The normalized spacial score (nSPS) is 13.4. The molecular weight excluding hydrogens is 278 g/mol. The van der Waals surface area contributed by atoms with Crippen molar-refractivity contribution >= 4 is 5.97 Å². The molecule has 0 spiro atoms. The fourth-order valence-electron chi connectivity index (χ4n) is 2.17. The lowest BCUT2D eigenvalue weighted by Gasteiger charge is -2.22. The van der Waals surface area contributed by atoms with Gasteiger partial charge in [-0.1, -0.05) is 54.6 Å². The predicted molar refractivity (Wildman–Crippen MR) is 84.9 cm³/mol.